The molecule has 0 aliphatic rings. The van der Waals surface area contributed by atoms with Crippen LogP contribution >= 0.6 is 15.9 Å². The molecule has 110 valence electrons. The molecule has 0 aliphatic heterocycles. The molecule has 0 spiro atoms. The molecule has 1 aromatic heterocycles. The molecule has 0 atom stereocenters. The van der Waals surface area contributed by atoms with Gasteiger partial charge < -0.3 is 14.5 Å². The summed E-state index contributed by atoms with van der Waals surface area (Å²) < 4.78 is 11.6. The number of ether oxygens (including phenoxy) is 1. The molecule has 5 heteroatoms. The number of anilines is 1. The van der Waals surface area contributed by atoms with Crippen molar-refractivity contribution in [3.8, 4) is 11.5 Å². The molecule has 4 nitrogen and oxygen atoms in total. The minimum absolute atomic E-state index is 0.213. The van der Waals surface area contributed by atoms with Gasteiger partial charge in [0.05, 0.1) is 11.8 Å². The first kappa shape index (κ1) is 14.4. The van der Waals surface area contributed by atoms with Gasteiger partial charge in [0.2, 0.25) is 0 Å². The lowest BCUT2D eigenvalue weighted by Gasteiger charge is -2.07. The number of nitrogens with one attached hydrogen (secondary N) is 1. The van der Waals surface area contributed by atoms with Crippen molar-refractivity contribution in [3.63, 3.8) is 0 Å². The Hall–Kier alpha value is -2.53. The van der Waals surface area contributed by atoms with Crippen LogP contribution in [0.2, 0.25) is 0 Å². The molecule has 0 saturated carbocycles. The van der Waals surface area contributed by atoms with Gasteiger partial charge in [-0.25, -0.2) is 0 Å². The number of carbonyl (C=O) groups excluding carboxylic acids is 1. The fourth-order valence-corrected chi connectivity index (χ4v) is 2.11. The van der Waals surface area contributed by atoms with Crippen LogP contribution in [-0.2, 0) is 0 Å². The fraction of sp³-hybridized carbons (Fsp3) is 0. The Morgan fingerprint density at radius 1 is 0.955 bits per heavy atom. The van der Waals surface area contributed by atoms with Gasteiger partial charge in [0.1, 0.15) is 17.8 Å². The lowest BCUT2D eigenvalue weighted by atomic mass is 10.2. The lowest BCUT2D eigenvalue weighted by molar-refractivity contribution is 0.102. The van der Waals surface area contributed by atoms with Crippen LogP contribution in [0.1, 0.15) is 10.4 Å². The van der Waals surface area contributed by atoms with Gasteiger partial charge in [-0.05, 0) is 54.6 Å². The van der Waals surface area contributed by atoms with Crippen LogP contribution in [0.15, 0.2) is 76.0 Å². The minimum atomic E-state index is -0.213. The Morgan fingerprint density at radius 2 is 1.59 bits per heavy atom. The summed E-state index contributed by atoms with van der Waals surface area (Å²) in [6.45, 7) is 0. The Bertz CT molecular complexity index is 750. The summed E-state index contributed by atoms with van der Waals surface area (Å²) in [5, 5.41) is 2.78. The largest absolute Gasteiger partial charge is 0.472 e. The highest BCUT2D eigenvalue weighted by atomic mass is 79.9. The van der Waals surface area contributed by atoms with Crippen LogP contribution in [0.25, 0.3) is 0 Å². The third-order valence-corrected chi connectivity index (χ3v) is 3.47. The second-order valence-electron chi connectivity index (χ2n) is 4.55. The maximum absolute atomic E-state index is 11.9. The molecule has 0 unspecified atom stereocenters. The number of hydrogen-bond donors (Lipinski definition) is 1. The molecule has 1 N–H and O–H groups in total. The van der Waals surface area contributed by atoms with Crippen LogP contribution in [-0.4, -0.2) is 5.91 Å². The van der Waals surface area contributed by atoms with Crippen molar-refractivity contribution in [1.82, 2.24) is 0 Å². The van der Waals surface area contributed by atoms with E-state index >= 15 is 0 Å². The zero-order valence-corrected chi connectivity index (χ0v) is 13.0. The highest BCUT2D eigenvalue weighted by Gasteiger charge is 2.07. The normalized spacial score (nSPS) is 10.2. The molecule has 0 aliphatic carbocycles. The monoisotopic (exact) mass is 357 g/mol. The molecule has 0 bridgehead atoms. The van der Waals surface area contributed by atoms with Gasteiger partial charge in [0.15, 0.2) is 0 Å². The third-order valence-electron chi connectivity index (χ3n) is 2.94. The van der Waals surface area contributed by atoms with Crippen molar-refractivity contribution >= 4 is 27.5 Å². The van der Waals surface area contributed by atoms with E-state index in [0.29, 0.717) is 17.0 Å². The summed E-state index contributed by atoms with van der Waals surface area (Å²) >= 11 is 3.38. The van der Waals surface area contributed by atoms with E-state index in [0.717, 1.165) is 10.2 Å². The first-order valence-electron chi connectivity index (χ1n) is 6.58. The Labute approximate surface area is 135 Å². The number of benzene rings is 2. The zero-order chi connectivity index (χ0) is 15.4. The van der Waals surface area contributed by atoms with E-state index in [9.17, 15) is 4.79 Å². The van der Waals surface area contributed by atoms with Crippen LogP contribution in [0, 0.1) is 0 Å². The predicted molar refractivity (Wildman–Crippen MR) is 87.3 cm³/mol. The summed E-state index contributed by atoms with van der Waals surface area (Å²) in [4.78, 5) is 11.9. The first-order valence-corrected chi connectivity index (χ1v) is 7.37. The number of rotatable bonds is 4. The van der Waals surface area contributed by atoms with E-state index < -0.39 is 0 Å². The van der Waals surface area contributed by atoms with Crippen molar-refractivity contribution in [3.05, 3.63) is 77.2 Å². The van der Waals surface area contributed by atoms with E-state index in [1.54, 1.807) is 30.3 Å². The molecule has 3 rings (SSSR count). The predicted octanol–water partition coefficient (Wildman–Crippen LogP) is 5.09. The fourth-order valence-electron chi connectivity index (χ4n) is 1.84. The molecule has 22 heavy (non-hydrogen) atoms. The molecule has 0 saturated heterocycles. The van der Waals surface area contributed by atoms with Crippen LogP contribution in [0.5, 0.6) is 11.5 Å². The zero-order valence-electron chi connectivity index (χ0n) is 11.5. The molecule has 2 aromatic carbocycles. The Balaban J connectivity index is 1.65. The van der Waals surface area contributed by atoms with Crippen LogP contribution in [0.4, 0.5) is 5.69 Å². The summed E-state index contributed by atoms with van der Waals surface area (Å²) in [6, 6.07) is 16.3. The lowest BCUT2D eigenvalue weighted by Crippen LogP contribution is -2.10. The molecule has 0 fully saturated rings. The number of carbonyl (C=O) groups is 1. The molecule has 1 heterocycles. The quantitative estimate of drug-likeness (QED) is 0.707. The Kier molecular flexibility index (Phi) is 4.25. The van der Waals surface area contributed by atoms with E-state index in [-0.39, 0.29) is 5.91 Å². The van der Waals surface area contributed by atoms with Gasteiger partial charge in [-0.1, -0.05) is 15.9 Å². The van der Waals surface area contributed by atoms with Gasteiger partial charge in [0, 0.05) is 10.2 Å². The average Bonchev–Trinajstić information content (AvgIpc) is 3.06. The van der Waals surface area contributed by atoms with Gasteiger partial charge in [-0.2, -0.15) is 0 Å². The van der Waals surface area contributed by atoms with Crippen molar-refractivity contribution in [2.24, 2.45) is 0 Å². The van der Waals surface area contributed by atoms with E-state index in [1.807, 2.05) is 24.3 Å². The molecule has 0 radical (unpaired) electrons. The van der Waals surface area contributed by atoms with Crippen molar-refractivity contribution in [1.29, 1.82) is 0 Å². The summed E-state index contributed by atoms with van der Waals surface area (Å²) in [5.41, 5.74) is 1.17. The third kappa shape index (κ3) is 3.56. The smallest absolute Gasteiger partial charge is 0.258 e. The van der Waals surface area contributed by atoms with Crippen LogP contribution < -0.4 is 10.1 Å². The number of amides is 1. The van der Waals surface area contributed by atoms with Gasteiger partial charge >= 0.3 is 0 Å². The standard InChI is InChI=1S/C17H12BrNO3/c18-13-1-5-15(6-2-13)22-16-7-3-14(4-8-16)19-17(20)12-9-10-21-11-12/h1-11H,(H,19,20). The average molecular weight is 358 g/mol. The van der Waals surface area contributed by atoms with Crippen LogP contribution in [0.3, 0.4) is 0 Å². The first-order chi connectivity index (χ1) is 10.7. The SMILES string of the molecule is O=C(Nc1ccc(Oc2ccc(Br)cc2)cc1)c1ccoc1. The summed E-state index contributed by atoms with van der Waals surface area (Å²) in [7, 11) is 0. The summed E-state index contributed by atoms with van der Waals surface area (Å²) in [5.74, 6) is 1.23. The number of hydrogen-bond acceptors (Lipinski definition) is 3. The Morgan fingerprint density at radius 3 is 2.18 bits per heavy atom. The van der Waals surface area contributed by atoms with Crippen molar-refractivity contribution < 1.29 is 13.9 Å². The highest BCUT2D eigenvalue weighted by Crippen LogP contribution is 2.24. The molecular formula is C17H12BrNO3. The number of furan rings is 1. The minimum Gasteiger partial charge on any atom is -0.472 e. The molecular weight excluding hydrogens is 346 g/mol. The molecule has 3 aromatic rings. The topological polar surface area (TPSA) is 51.5 Å². The second kappa shape index (κ2) is 6.49. The van der Waals surface area contributed by atoms with E-state index in [4.69, 9.17) is 9.15 Å². The van der Waals surface area contributed by atoms with E-state index in [1.165, 1.54) is 12.5 Å². The van der Waals surface area contributed by atoms with Gasteiger partial charge in [-0.15, -0.1) is 0 Å². The maximum atomic E-state index is 11.9. The highest BCUT2D eigenvalue weighted by molar-refractivity contribution is 9.10. The van der Waals surface area contributed by atoms with Gasteiger partial charge in [0.25, 0.3) is 5.91 Å². The number of halogens is 1. The molecule has 1 amide bonds. The second-order valence-corrected chi connectivity index (χ2v) is 5.46. The van der Waals surface area contributed by atoms with E-state index in [2.05, 4.69) is 21.2 Å². The maximum Gasteiger partial charge on any atom is 0.258 e. The summed E-state index contributed by atoms with van der Waals surface area (Å²) in [6.07, 6.45) is 2.87. The van der Waals surface area contributed by atoms with Gasteiger partial charge in [-0.3, -0.25) is 4.79 Å². The van der Waals surface area contributed by atoms with Crippen molar-refractivity contribution in [2.45, 2.75) is 0 Å². The van der Waals surface area contributed by atoms with Crippen molar-refractivity contribution in [2.75, 3.05) is 5.32 Å².